The molecule has 0 atom stereocenters. The number of nitrogens with one attached hydrogen (secondary N) is 2. The molecule has 0 radical (unpaired) electrons. The molecule has 1 amide bonds. The van der Waals surface area contributed by atoms with E-state index in [1.807, 2.05) is 6.07 Å². The smallest absolute Gasteiger partial charge is 0.277 e. The van der Waals surface area contributed by atoms with Gasteiger partial charge in [-0.3, -0.25) is 14.6 Å². The van der Waals surface area contributed by atoms with Crippen LogP contribution in [0.3, 0.4) is 0 Å². The van der Waals surface area contributed by atoms with Crippen LogP contribution in [0.15, 0.2) is 83.9 Å². The van der Waals surface area contributed by atoms with E-state index in [1.165, 1.54) is 6.20 Å². The first-order valence-electron chi connectivity index (χ1n) is 13.5. The molecule has 0 bridgehead atoms. The summed E-state index contributed by atoms with van der Waals surface area (Å²) < 4.78 is 61.9. The van der Waals surface area contributed by atoms with Crippen molar-refractivity contribution in [1.29, 1.82) is 0 Å². The Morgan fingerprint density at radius 3 is 2.44 bits per heavy atom. The fraction of sp³-hybridized carbons (Fsp3) is 0.226. The highest BCUT2D eigenvalue weighted by Gasteiger charge is 2.34. The first-order valence-corrected chi connectivity index (χ1v) is 16.1. The molecule has 1 aliphatic rings. The van der Waals surface area contributed by atoms with Crippen LogP contribution in [0.1, 0.15) is 40.0 Å². The zero-order valence-corrected chi connectivity index (χ0v) is 26.2. The number of benzene rings is 3. The number of carbonyl (C=O) groups excluding carboxylic acids is 1. The fourth-order valence-electron chi connectivity index (χ4n) is 4.38. The number of pyridine rings is 1. The Morgan fingerprint density at radius 2 is 1.77 bits per heavy atom. The van der Waals surface area contributed by atoms with Crippen molar-refractivity contribution < 1.29 is 26.8 Å². The van der Waals surface area contributed by atoms with Gasteiger partial charge in [-0.25, -0.2) is 22.7 Å². The number of anilines is 2. The van der Waals surface area contributed by atoms with Crippen LogP contribution < -0.4 is 10.8 Å². The van der Waals surface area contributed by atoms with Gasteiger partial charge in [-0.1, -0.05) is 36.4 Å². The lowest BCUT2D eigenvalue weighted by Gasteiger charge is -2.24. The van der Waals surface area contributed by atoms with Gasteiger partial charge in [0, 0.05) is 22.0 Å². The molecule has 1 aliphatic carbocycles. The van der Waals surface area contributed by atoms with Crippen LogP contribution in [-0.2, 0) is 28.0 Å². The predicted octanol–water partition coefficient (Wildman–Crippen LogP) is 6.48. The Kier molecular flexibility index (Phi) is 9.69. The van der Waals surface area contributed by atoms with Gasteiger partial charge < -0.3 is 5.32 Å². The molecule has 43 heavy (non-hydrogen) atoms. The van der Waals surface area contributed by atoms with E-state index in [9.17, 15) is 13.2 Å². The Morgan fingerprint density at radius 1 is 1.02 bits per heavy atom. The number of amides is 1. The third-order valence-corrected chi connectivity index (χ3v) is 9.39. The summed E-state index contributed by atoms with van der Waals surface area (Å²) >= 11 is 2.12. The standard InChI is InChI=1S/C31H29F2IN4O4S/c1-20-15-23(34)12-13-26(20)36-30-25(31(39)37-42-19-22-10-11-22)16-27(28(32)29(30)33)43(40,41)38(17-21-7-3-2-4-8-21)18-24-9-5-6-14-35-24/h2-9,12-16,22,36H,10-11,17-19H2,1H3,(H,37,39). The first kappa shape index (κ1) is 31.0. The summed E-state index contributed by atoms with van der Waals surface area (Å²) in [6.45, 7) is 1.67. The molecule has 0 aliphatic heterocycles. The molecule has 5 rings (SSSR count). The van der Waals surface area contributed by atoms with E-state index in [0.29, 0.717) is 28.4 Å². The van der Waals surface area contributed by atoms with Crippen molar-refractivity contribution in [2.45, 2.75) is 37.8 Å². The number of halogens is 3. The molecule has 3 aromatic carbocycles. The highest BCUT2D eigenvalue weighted by atomic mass is 127. The van der Waals surface area contributed by atoms with Crippen molar-refractivity contribution >= 4 is 49.9 Å². The number of aromatic nitrogens is 1. The second kappa shape index (κ2) is 13.5. The van der Waals surface area contributed by atoms with Crippen molar-refractivity contribution in [3.05, 3.63) is 117 Å². The molecule has 8 nitrogen and oxygen atoms in total. The van der Waals surface area contributed by atoms with Gasteiger partial charge in [0.15, 0.2) is 11.6 Å². The number of aryl methyl sites for hydroxylation is 1. The average molecular weight is 719 g/mol. The maximum atomic E-state index is 15.9. The molecule has 4 aromatic rings. The molecule has 0 unspecified atom stereocenters. The molecule has 1 heterocycles. The zero-order chi connectivity index (χ0) is 30.6. The number of hydrogen-bond acceptors (Lipinski definition) is 6. The minimum absolute atomic E-state index is 0.144. The van der Waals surface area contributed by atoms with E-state index in [-0.39, 0.29) is 19.7 Å². The quantitative estimate of drug-likeness (QED) is 0.129. The number of carbonyl (C=O) groups is 1. The van der Waals surface area contributed by atoms with Gasteiger partial charge in [0.25, 0.3) is 5.91 Å². The lowest BCUT2D eigenvalue weighted by Crippen LogP contribution is -2.32. The number of hydroxylamine groups is 1. The molecular formula is C31H29F2IN4O4S. The number of hydrogen-bond donors (Lipinski definition) is 2. The van der Waals surface area contributed by atoms with Crippen LogP contribution in [0, 0.1) is 28.0 Å². The van der Waals surface area contributed by atoms with Crippen LogP contribution in [0.25, 0.3) is 0 Å². The van der Waals surface area contributed by atoms with Crippen molar-refractivity contribution in [2.75, 3.05) is 11.9 Å². The van der Waals surface area contributed by atoms with Gasteiger partial charge in [-0.15, -0.1) is 0 Å². The molecule has 1 aromatic heterocycles. The topological polar surface area (TPSA) is 101 Å². The summed E-state index contributed by atoms with van der Waals surface area (Å²) in [7, 11) is -4.71. The Bertz CT molecular complexity index is 1680. The first-order chi connectivity index (χ1) is 20.6. The third kappa shape index (κ3) is 7.55. The van der Waals surface area contributed by atoms with Crippen LogP contribution in [-0.4, -0.2) is 30.2 Å². The SMILES string of the molecule is Cc1cc(I)ccc1Nc1c(C(=O)NOCC2CC2)cc(S(=O)(=O)N(Cc2ccccc2)Cc2ccccn2)c(F)c1F. The molecular weight excluding hydrogens is 689 g/mol. The van der Waals surface area contributed by atoms with Crippen molar-refractivity contribution in [1.82, 2.24) is 14.8 Å². The van der Waals surface area contributed by atoms with Crippen molar-refractivity contribution in [3.63, 3.8) is 0 Å². The summed E-state index contributed by atoms with van der Waals surface area (Å²) in [6.07, 6.45) is 3.45. The fourth-order valence-corrected chi connectivity index (χ4v) is 6.51. The van der Waals surface area contributed by atoms with Crippen LogP contribution in [0.4, 0.5) is 20.2 Å². The number of nitrogens with zero attached hydrogens (tertiary/aromatic N) is 2. The summed E-state index contributed by atoms with van der Waals surface area (Å²) in [5, 5.41) is 2.80. The Labute approximate surface area is 262 Å². The third-order valence-electron chi connectivity index (χ3n) is 6.93. The Balaban J connectivity index is 1.58. The molecule has 0 saturated heterocycles. The van der Waals surface area contributed by atoms with E-state index >= 15 is 8.78 Å². The van der Waals surface area contributed by atoms with E-state index in [4.69, 9.17) is 4.84 Å². The minimum Gasteiger partial charge on any atom is -0.352 e. The molecule has 0 spiro atoms. The molecule has 1 fully saturated rings. The van der Waals surface area contributed by atoms with Crippen molar-refractivity contribution in [2.24, 2.45) is 5.92 Å². The van der Waals surface area contributed by atoms with E-state index < -0.39 is 43.7 Å². The second-order valence-electron chi connectivity index (χ2n) is 10.3. The second-order valence-corrected chi connectivity index (χ2v) is 13.4. The molecule has 12 heteroatoms. The summed E-state index contributed by atoms with van der Waals surface area (Å²) in [4.78, 5) is 21.9. The Hall–Kier alpha value is -3.46. The van der Waals surface area contributed by atoms with Crippen LogP contribution in [0.5, 0.6) is 0 Å². The predicted molar refractivity (Wildman–Crippen MR) is 167 cm³/mol. The summed E-state index contributed by atoms with van der Waals surface area (Å²) in [5.74, 6) is -3.73. The van der Waals surface area contributed by atoms with E-state index in [1.54, 1.807) is 67.6 Å². The van der Waals surface area contributed by atoms with Crippen molar-refractivity contribution in [3.8, 4) is 0 Å². The highest BCUT2D eigenvalue weighted by Crippen LogP contribution is 2.34. The van der Waals surface area contributed by atoms with Crippen LogP contribution in [0.2, 0.25) is 0 Å². The lowest BCUT2D eigenvalue weighted by molar-refractivity contribution is 0.0270. The summed E-state index contributed by atoms with van der Waals surface area (Å²) in [5.41, 5.74) is 3.50. The van der Waals surface area contributed by atoms with Gasteiger partial charge in [-0.05, 0) is 95.8 Å². The minimum atomic E-state index is -4.71. The molecule has 224 valence electrons. The zero-order valence-electron chi connectivity index (χ0n) is 23.2. The van der Waals surface area contributed by atoms with Gasteiger partial charge in [0.05, 0.1) is 30.1 Å². The van der Waals surface area contributed by atoms with Gasteiger partial charge in [-0.2, -0.15) is 4.31 Å². The monoisotopic (exact) mass is 718 g/mol. The normalized spacial score (nSPS) is 13.2. The number of rotatable bonds is 12. The van der Waals surface area contributed by atoms with Crippen LogP contribution >= 0.6 is 22.6 Å². The highest BCUT2D eigenvalue weighted by molar-refractivity contribution is 14.1. The van der Waals surface area contributed by atoms with E-state index in [0.717, 1.165) is 26.8 Å². The largest absolute Gasteiger partial charge is 0.352 e. The maximum Gasteiger partial charge on any atom is 0.277 e. The van der Waals surface area contributed by atoms with Gasteiger partial charge >= 0.3 is 0 Å². The average Bonchev–Trinajstić information content (AvgIpc) is 3.82. The van der Waals surface area contributed by atoms with Gasteiger partial charge in [0.2, 0.25) is 10.0 Å². The molecule has 2 N–H and O–H groups in total. The molecule has 1 saturated carbocycles. The van der Waals surface area contributed by atoms with E-state index in [2.05, 4.69) is 38.4 Å². The number of sulfonamides is 1. The van der Waals surface area contributed by atoms with Gasteiger partial charge in [0.1, 0.15) is 4.90 Å². The lowest BCUT2D eigenvalue weighted by atomic mass is 10.1. The maximum absolute atomic E-state index is 15.9. The summed E-state index contributed by atoms with van der Waals surface area (Å²) in [6, 6.07) is 19.9.